The highest BCUT2D eigenvalue weighted by Crippen LogP contribution is 2.21. The first-order valence-corrected chi connectivity index (χ1v) is 7.66. The van der Waals surface area contributed by atoms with E-state index >= 15 is 0 Å². The van der Waals surface area contributed by atoms with Gasteiger partial charge in [0, 0.05) is 45.1 Å². The van der Waals surface area contributed by atoms with Crippen LogP contribution in [0.4, 0.5) is 0 Å². The van der Waals surface area contributed by atoms with Crippen LogP contribution in [0.3, 0.4) is 0 Å². The molecule has 0 spiro atoms. The molecule has 1 aliphatic heterocycles. The SMILES string of the molecule is N#C[C@H](c1ccccc1)N1CCN(Cc2cccnc2)CC1. The Hall–Kier alpha value is -2.22. The Labute approximate surface area is 131 Å². The van der Waals surface area contributed by atoms with E-state index in [2.05, 4.69) is 26.9 Å². The number of benzene rings is 1. The minimum atomic E-state index is -0.137. The van der Waals surface area contributed by atoms with Crippen LogP contribution in [0.1, 0.15) is 17.2 Å². The van der Waals surface area contributed by atoms with Gasteiger partial charge in [-0.15, -0.1) is 0 Å². The molecular weight excluding hydrogens is 272 g/mol. The maximum absolute atomic E-state index is 9.52. The van der Waals surface area contributed by atoms with Crippen molar-refractivity contribution in [2.24, 2.45) is 0 Å². The van der Waals surface area contributed by atoms with Crippen LogP contribution < -0.4 is 0 Å². The number of pyridine rings is 1. The number of aromatic nitrogens is 1. The van der Waals surface area contributed by atoms with Crippen LogP contribution in [0.15, 0.2) is 54.9 Å². The topological polar surface area (TPSA) is 43.2 Å². The fraction of sp³-hybridized carbons (Fsp3) is 0.333. The molecule has 4 nitrogen and oxygen atoms in total. The lowest BCUT2D eigenvalue weighted by molar-refractivity contribution is 0.109. The van der Waals surface area contributed by atoms with Crippen LogP contribution in [-0.4, -0.2) is 41.0 Å². The van der Waals surface area contributed by atoms with Gasteiger partial charge in [0.05, 0.1) is 6.07 Å². The molecule has 1 atom stereocenters. The predicted molar refractivity (Wildman–Crippen MR) is 85.9 cm³/mol. The second-order valence-corrected chi connectivity index (χ2v) is 5.62. The minimum absolute atomic E-state index is 0.137. The van der Waals surface area contributed by atoms with Gasteiger partial charge < -0.3 is 0 Å². The molecule has 2 aromatic rings. The van der Waals surface area contributed by atoms with Crippen molar-refractivity contribution in [1.82, 2.24) is 14.8 Å². The summed E-state index contributed by atoms with van der Waals surface area (Å²) in [6, 6.07) is 16.5. The Balaban J connectivity index is 1.58. The highest BCUT2D eigenvalue weighted by molar-refractivity contribution is 5.24. The predicted octanol–water partition coefficient (Wildman–Crippen LogP) is 2.46. The quantitative estimate of drug-likeness (QED) is 0.868. The molecule has 0 saturated carbocycles. The van der Waals surface area contributed by atoms with Gasteiger partial charge in [0.25, 0.3) is 0 Å². The monoisotopic (exact) mass is 292 g/mol. The fourth-order valence-corrected chi connectivity index (χ4v) is 2.93. The van der Waals surface area contributed by atoms with Gasteiger partial charge >= 0.3 is 0 Å². The van der Waals surface area contributed by atoms with E-state index in [0.29, 0.717) is 0 Å². The van der Waals surface area contributed by atoms with E-state index in [1.165, 1.54) is 5.56 Å². The van der Waals surface area contributed by atoms with E-state index in [9.17, 15) is 5.26 Å². The number of piperazine rings is 1. The standard InChI is InChI=1S/C18H20N4/c19-13-18(17-6-2-1-3-7-17)22-11-9-21(10-12-22)15-16-5-4-8-20-14-16/h1-8,14,18H,9-12,15H2/t18-/m1/s1. The molecule has 1 aliphatic rings. The third kappa shape index (κ3) is 3.51. The van der Waals surface area contributed by atoms with Crippen LogP contribution in [0, 0.1) is 11.3 Å². The van der Waals surface area contributed by atoms with Gasteiger partial charge in [-0.1, -0.05) is 36.4 Å². The molecule has 1 saturated heterocycles. The molecule has 3 rings (SSSR count). The van der Waals surface area contributed by atoms with E-state index in [-0.39, 0.29) is 6.04 Å². The summed E-state index contributed by atoms with van der Waals surface area (Å²) in [4.78, 5) is 8.86. The van der Waals surface area contributed by atoms with E-state index in [1.807, 2.05) is 42.6 Å². The molecule has 0 N–H and O–H groups in total. The number of hydrogen-bond acceptors (Lipinski definition) is 4. The Morgan fingerprint density at radius 1 is 1.05 bits per heavy atom. The lowest BCUT2D eigenvalue weighted by atomic mass is 10.1. The Bertz CT molecular complexity index is 613. The van der Waals surface area contributed by atoms with Crippen molar-refractivity contribution in [3.05, 3.63) is 66.0 Å². The van der Waals surface area contributed by atoms with Crippen molar-refractivity contribution in [1.29, 1.82) is 5.26 Å². The zero-order valence-corrected chi connectivity index (χ0v) is 12.6. The van der Waals surface area contributed by atoms with Gasteiger partial charge in [0.2, 0.25) is 0 Å². The van der Waals surface area contributed by atoms with Gasteiger partial charge in [-0.2, -0.15) is 5.26 Å². The zero-order chi connectivity index (χ0) is 15.2. The lowest BCUT2D eigenvalue weighted by Crippen LogP contribution is -2.46. The Morgan fingerprint density at radius 3 is 2.45 bits per heavy atom. The van der Waals surface area contributed by atoms with E-state index in [0.717, 1.165) is 38.3 Å². The third-order valence-electron chi connectivity index (χ3n) is 4.14. The second-order valence-electron chi connectivity index (χ2n) is 5.62. The van der Waals surface area contributed by atoms with Crippen molar-refractivity contribution >= 4 is 0 Å². The molecule has 0 amide bonds. The summed E-state index contributed by atoms with van der Waals surface area (Å²) in [7, 11) is 0. The van der Waals surface area contributed by atoms with E-state index < -0.39 is 0 Å². The summed E-state index contributed by atoms with van der Waals surface area (Å²) >= 11 is 0. The summed E-state index contributed by atoms with van der Waals surface area (Å²) in [6.07, 6.45) is 3.73. The molecule has 1 aromatic carbocycles. The number of rotatable bonds is 4. The zero-order valence-electron chi connectivity index (χ0n) is 12.6. The maximum atomic E-state index is 9.52. The molecule has 4 heteroatoms. The minimum Gasteiger partial charge on any atom is -0.296 e. The van der Waals surface area contributed by atoms with Crippen LogP contribution >= 0.6 is 0 Å². The number of hydrogen-bond donors (Lipinski definition) is 0. The maximum Gasteiger partial charge on any atom is 0.123 e. The average Bonchev–Trinajstić information content (AvgIpc) is 2.59. The van der Waals surface area contributed by atoms with Crippen LogP contribution in [0.2, 0.25) is 0 Å². The molecule has 112 valence electrons. The summed E-state index contributed by atoms with van der Waals surface area (Å²) < 4.78 is 0. The first kappa shape index (κ1) is 14.7. The van der Waals surface area contributed by atoms with Crippen LogP contribution in [0.5, 0.6) is 0 Å². The first-order valence-electron chi connectivity index (χ1n) is 7.66. The molecular formula is C18H20N4. The van der Waals surface area contributed by atoms with Gasteiger partial charge in [-0.3, -0.25) is 14.8 Å². The first-order chi connectivity index (χ1) is 10.9. The summed E-state index contributed by atoms with van der Waals surface area (Å²) in [5, 5.41) is 9.52. The van der Waals surface area contributed by atoms with Gasteiger partial charge in [0.1, 0.15) is 6.04 Å². The van der Waals surface area contributed by atoms with Crippen LogP contribution in [0.25, 0.3) is 0 Å². The second kappa shape index (κ2) is 7.17. The average molecular weight is 292 g/mol. The summed E-state index contributed by atoms with van der Waals surface area (Å²) in [6.45, 7) is 4.75. The van der Waals surface area contributed by atoms with Crippen molar-refractivity contribution in [3.8, 4) is 6.07 Å². The van der Waals surface area contributed by atoms with Crippen LogP contribution in [-0.2, 0) is 6.54 Å². The van der Waals surface area contributed by atoms with Crippen molar-refractivity contribution in [3.63, 3.8) is 0 Å². The lowest BCUT2D eigenvalue weighted by Gasteiger charge is -2.37. The molecule has 0 bridgehead atoms. The molecule has 0 aliphatic carbocycles. The van der Waals surface area contributed by atoms with E-state index in [4.69, 9.17) is 0 Å². The smallest absolute Gasteiger partial charge is 0.123 e. The van der Waals surface area contributed by atoms with Crippen molar-refractivity contribution in [2.45, 2.75) is 12.6 Å². The number of nitrogens with zero attached hydrogens (tertiary/aromatic N) is 4. The molecule has 1 fully saturated rings. The Morgan fingerprint density at radius 2 is 1.82 bits per heavy atom. The normalized spacial score (nSPS) is 17.8. The summed E-state index contributed by atoms with van der Waals surface area (Å²) in [5.74, 6) is 0. The van der Waals surface area contributed by atoms with Crippen molar-refractivity contribution in [2.75, 3.05) is 26.2 Å². The third-order valence-corrected chi connectivity index (χ3v) is 4.14. The molecule has 2 heterocycles. The van der Waals surface area contributed by atoms with E-state index in [1.54, 1.807) is 6.20 Å². The fourth-order valence-electron chi connectivity index (χ4n) is 2.93. The Kier molecular flexibility index (Phi) is 4.79. The van der Waals surface area contributed by atoms with Gasteiger partial charge in [0.15, 0.2) is 0 Å². The summed E-state index contributed by atoms with van der Waals surface area (Å²) in [5.41, 5.74) is 2.33. The molecule has 1 aromatic heterocycles. The van der Waals surface area contributed by atoms with Gasteiger partial charge in [-0.05, 0) is 17.2 Å². The van der Waals surface area contributed by atoms with Gasteiger partial charge in [-0.25, -0.2) is 0 Å². The number of nitriles is 1. The largest absolute Gasteiger partial charge is 0.296 e. The molecule has 0 unspecified atom stereocenters. The van der Waals surface area contributed by atoms with Crippen molar-refractivity contribution < 1.29 is 0 Å². The molecule has 22 heavy (non-hydrogen) atoms. The highest BCUT2D eigenvalue weighted by Gasteiger charge is 2.24. The molecule has 0 radical (unpaired) electrons. The highest BCUT2D eigenvalue weighted by atomic mass is 15.3.